The van der Waals surface area contributed by atoms with E-state index in [2.05, 4.69) is 29.4 Å². The van der Waals surface area contributed by atoms with Gasteiger partial charge in [-0.3, -0.25) is 9.59 Å². The number of ether oxygens (including phenoxy) is 2. The maximum Gasteiger partial charge on any atom is 0.314 e. The van der Waals surface area contributed by atoms with E-state index in [4.69, 9.17) is 9.47 Å². The Morgan fingerprint density at radius 2 is 1.47 bits per heavy atom. The average molecular weight is 414 g/mol. The first-order valence-corrected chi connectivity index (χ1v) is 10.3. The number of nitrogens with one attached hydrogen (secondary N) is 2. The van der Waals surface area contributed by atoms with Crippen LogP contribution in [0.15, 0.2) is 36.4 Å². The molecule has 0 heterocycles. The Labute approximate surface area is 178 Å². The highest BCUT2D eigenvalue weighted by Crippen LogP contribution is 2.30. The van der Waals surface area contributed by atoms with Crippen LogP contribution in [0, 0.1) is 6.92 Å². The summed E-state index contributed by atoms with van der Waals surface area (Å²) in [5.74, 6) is -0.388. The molecule has 0 saturated carbocycles. The van der Waals surface area contributed by atoms with E-state index in [-0.39, 0.29) is 0 Å². The van der Waals surface area contributed by atoms with Gasteiger partial charge in [0.25, 0.3) is 0 Å². The van der Waals surface area contributed by atoms with Crippen LogP contribution in [0.25, 0.3) is 0 Å². The molecule has 0 aliphatic carbocycles. The van der Waals surface area contributed by atoms with Gasteiger partial charge in [0.15, 0.2) is 11.5 Å². The molecule has 30 heavy (non-hydrogen) atoms. The second-order valence-corrected chi connectivity index (χ2v) is 6.61. The van der Waals surface area contributed by atoms with Gasteiger partial charge in [-0.1, -0.05) is 0 Å². The van der Waals surface area contributed by atoms with E-state index < -0.39 is 11.8 Å². The maximum absolute atomic E-state index is 12.4. The number of hydrogen-bond acceptors (Lipinski definition) is 5. The highest BCUT2D eigenvalue weighted by Gasteiger charge is 2.17. The van der Waals surface area contributed by atoms with E-state index in [9.17, 15) is 9.59 Å². The Morgan fingerprint density at radius 1 is 0.833 bits per heavy atom. The quantitative estimate of drug-likeness (QED) is 0.602. The van der Waals surface area contributed by atoms with Gasteiger partial charge < -0.3 is 25.0 Å². The third-order valence-electron chi connectivity index (χ3n) is 4.59. The Kier molecular flexibility index (Phi) is 8.53. The third kappa shape index (κ3) is 5.89. The van der Waals surface area contributed by atoms with Crippen LogP contribution in [0.5, 0.6) is 11.5 Å². The van der Waals surface area contributed by atoms with E-state index in [1.54, 1.807) is 18.2 Å². The topological polar surface area (TPSA) is 79.9 Å². The van der Waals surface area contributed by atoms with E-state index in [0.29, 0.717) is 36.1 Å². The van der Waals surface area contributed by atoms with Crippen molar-refractivity contribution in [2.24, 2.45) is 0 Å². The van der Waals surface area contributed by atoms with Crippen LogP contribution in [0.1, 0.15) is 33.3 Å². The number of benzene rings is 2. The molecule has 162 valence electrons. The predicted octanol–water partition coefficient (Wildman–Crippen LogP) is 4.22. The normalized spacial score (nSPS) is 10.3. The standard InChI is InChI=1S/C23H31N3O4/c1-6-26(7-2)18-11-12-19(16(5)14-18)25-23(28)22(27)24-17-10-13-20(29-8-3)21(15-17)30-9-4/h10-15H,6-9H2,1-5H3,(H,24,27)(H,25,28). The molecule has 0 bridgehead atoms. The van der Waals surface area contributed by atoms with E-state index in [1.165, 1.54) is 0 Å². The van der Waals surface area contributed by atoms with Crippen molar-refractivity contribution in [1.82, 2.24) is 0 Å². The second-order valence-electron chi connectivity index (χ2n) is 6.61. The summed E-state index contributed by atoms with van der Waals surface area (Å²) >= 11 is 0. The SMILES string of the molecule is CCOc1ccc(NC(=O)C(=O)Nc2ccc(N(CC)CC)cc2C)cc1OCC. The Morgan fingerprint density at radius 3 is 2.07 bits per heavy atom. The van der Waals surface area contributed by atoms with E-state index in [0.717, 1.165) is 24.3 Å². The molecule has 0 aliphatic rings. The van der Waals surface area contributed by atoms with Crippen molar-refractivity contribution in [3.05, 3.63) is 42.0 Å². The van der Waals surface area contributed by atoms with Crippen LogP contribution < -0.4 is 25.0 Å². The summed E-state index contributed by atoms with van der Waals surface area (Å²) in [7, 11) is 0. The van der Waals surface area contributed by atoms with Crippen molar-refractivity contribution in [1.29, 1.82) is 0 Å². The molecule has 0 atom stereocenters. The number of carbonyl (C=O) groups excluding carboxylic acids is 2. The van der Waals surface area contributed by atoms with Crippen molar-refractivity contribution >= 4 is 28.9 Å². The number of aryl methyl sites for hydroxylation is 1. The Hall–Kier alpha value is -3.22. The van der Waals surface area contributed by atoms with Gasteiger partial charge in [0.2, 0.25) is 0 Å². The van der Waals surface area contributed by atoms with Gasteiger partial charge >= 0.3 is 11.8 Å². The predicted molar refractivity (Wildman–Crippen MR) is 121 cm³/mol. The molecule has 0 saturated heterocycles. The molecule has 0 unspecified atom stereocenters. The lowest BCUT2D eigenvalue weighted by Gasteiger charge is -2.22. The molecule has 0 radical (unpaired) electrons. The first-order chi connectivity index (χ1) is 14.4. The fourth-order valence-electron chi connectivity index (χ4n) is 3.07. The lowest BCUT2D eigenvalue weighted by molar-refractivity contribution is -0.133. The van der Waals surface area contributed by atoms with Gasteiger partial charge in [0, 0.05) is 36.2 Å². The van der Waals surface area contributed by atoms with Gasteiger partial charge in [0.05, 0.1) is 13.2 Å². The zero-order valence-electron chi connectivity index (χ0n) is 18.4. The highest BCUT2D eigenvalue weighted by molar-refractivity contribution is 6.43. The molecule has 0 aliphatic heterocycles. The Bertz CT molecular complexity index is 879. The van der Waals surface area contributed by atoms with Crippen molar-refractivity contribution in [3.8, 4) is 11.5 Å². The van der Waals surface area contributed by atoms with Crippen molar-refractivity contribution < 1.29 is 19.1 Å². The summed E-state index contributed by atoms with van der Waals surface area (Å²) in [5.41, 5.74) is 3.03. The molecular weight excluding hydrogens is 382 g/mol. The van der Waals surface area contributed by atoms with Gasteiger partial charge in [-0.05, 0) is 70.5 Å². The van der Waals surface area contributed by atoms with Gasteiger partial charge in [-0.15, -0.1) is 0 Å². The minimum atomic E-state index is -0.756. The Balaban J connectivity index is 2.08. The number of carbonyl (C=O) groups is 2. The van der Waals surface area contributed by atoms with Crippen molar-refractivity contribution in [2.45, 2.75) is 34.6 Å². The van der Waals surface area contributed by atoms with Crippen molar-refractivity contribution in [3.63, 3.8) is 0 Å². The van der Waals surface area contributed by atoms with Crippen LogP contribution in [-0.2, 0) is 9.59 Å². The number of anilines is 3. The van der Waals surface area contributed by atoms with Gasteiger partial charge in [0.1, 0.15) is 0 Å². The zero-order valence-corrected chi connectivity index (χ0v) is 18.4. The number of hydrogen-bond donors (Lipinski definition) is 2. The molecule has 2 N–H and O–H groups in total. The van der Waals surface area contributed by atoms with Crippen LogP contribution >= 0.6 is 0 Å². The van der Waals surface area contributed by atoms with Crippen LogP contribution in [0.2, 0.25) is 0 Å². The minimum Gasteiger partial charge on any atom is -0.490 e. The molecule has 2 aromatic rings. The second kappa shape index (κ2) is 11.1. The first kappa shape index (κ1) is 23.1. The summed E-state index contributed by atoms with van der Waals surface area (Å²) < 4.78 is 11.1. The molecule has 2 rings (SSSR count). The summed E-state index contributed by atoms with van der Waals surface area (Å²) in [5, 5.41) is 5.28. The molecule has 2 aromatic carbocycles. The van der Waals surface area contributed by atoms with Crippen LogP contribution in [-0.4, -0.2) is 38.1 Å². The van der Waals surface area contributed by atoms with E-state index >= 15 is 0 Å². The molecular formula is C23H31N3O4. The molecule has 0 aromatic heterocycles. The summed E-state index contributed by atoms with van der Waals surface area (Å²) in [4.78, 5) is 27.0. The van der Waals surface area contributed by atoms with Crippen molar-refractivity contribution in [2.75, 3.05) is 41.8 Å². The first-order valence-electron chi connectivity index (χ1n) is 10.3. The minimum absolute atomic E-state index is 0.454. The fraction of sp³-hybridized carbons (Fsp3) is 0.391. The van der Waals surface area contributed by atoms with Crippen LogP contribution in [0.3, 0.4) is 0 Å². The zero-order chi connectivity index (χ0) is 22.1. The van der Waals surface area contributed by atoms with Gasteiger partial charge in [-0.25, -0.2) is 0 Å². The summed E-state index contributed by atoms with van der Waals surface area (Å²) in [6, 6.07) is 10.8. The molecule has 7 nitrogen and oxygen atoms in total. The maximum atomic E-state index is 12.4. The lowest BCUT2D eigenvalue weighted by atomic mass is 10.1. The fourth-order valence-corrected chi connectivity index (χ4v) is 3.07. The molecule has 7 heteroatoms. The number of nitrogens with zero attached hydrogens (tertiary/aromatic N) is 1. The largest absolute Gasteiger partial charge is 0.490 e. The monoisotopic (exact) mass is 413 g/mol. The molecule has 0 fully saturated rings. The molecule has 2 amide bonds. The van der Waals surface area contributed by atoms with Gasteiger partial charge in [-0.2, -0.15) is 0 Å². The highest BCUT2D eigenvalue weighted by atomic mass is 16.5. The summed E-state index contributed by atoms with van der Waals surface area (Å²) in [6.07, 6.45) is 0. The third-order valence-corrected chi connectivity index (χ3v) is 4.59. The number of amides is 2. The summed E-state index contributed by atoms with van der Waals surface area (Å²) in [6.45, 7) is 12.6. The smallest absolute Gasteiger partial charge is 0.314 e. The number of rotatable bonds is 9. The average Bonchev–Trinajstić information content (AvgIpc) is 2.73. The lowest BCUT2D eigenvalue weighted by Crippen LogP contribution is -2.29. The van der Waals surface area contributed by atoms with Crippen LogP contribution in [0.4, 0.5) is 17.1 Å². The van der Waals surface area contributed by atoms with E-state index in [1.807, 2.05) is 39.0 Å². The molecule has 0 spiro atoms.